The number of aromatic nitrogens is 2. The molecule has 0 N–H and O–H groups in total. The highest BCUT2D eigenvalue weighted by molar-refractivity contribution is 8.15. The topological polar surface area (TPSA) is 42.9 Å². The van der Waals surface area contributed by atoms with Crippen LogP contribution in [-0.2, 0) is 4.79 Å². The summed E-state index contributed by atoms with van der Waals surface area (Å²) in [6, 6.07) is 0. The van der Waals surface area contributed by atoms with Crippen molar-refractivity contribution in [1.29, 1.82) is 0 Å². The highest BCUT2D eigenvalue weighted by atomic mass is 32.2. The Hall–Kier alpha value is -0.630. The molecule has 0 atom stereocenters. The Morgan fingerprint density at radius 3 is 2.46 bits per heavy atom. The molecule has 8 heteroatoms. The molecule has 0 aliphatic rings. The highest BCUT2D eigenvalue weighted by Gasteiger charge is 2.39. The van der Waals surface area contributed by atoms with Crippen LogP contribution >= 0.6 is 23.1 Å². The van der Waals surface area contributed by atoms with E-state index in [1.165, 1.54) is 0 Å². The Morgan fingerprint density at radius 1 is 1.46 bits per heavy atom. The molecule has 0 radical (unpaired) electrons. The van der Waals surface area contributed by atoms with Crippen LogP contribution in [0.3, 0.4) is 0 Å². The first kappa shape index (κ1) is 10.5. The van der Waals surface area contributed by atoms with E-state index in [4.69, 9.17) is 0 Å². The SMILES string of the molecule is Cc1nnc(SC(=O)C(F)(F)F)s1. The minimum absolute atomic E-state index is 0.0137. The van der Waals surface area contributed by atoms with Gasteiger partial charge in [-0.25, -0.2) is 0 Å². The van der Waals surface area contributed by atoms with Gasteiger partial charge in [-0.2, -0.15) is 13.2 Å². The second-order valence-corrected chi connectivity index (χ2v) is 4.38. The number of nitrogens with zero attached hydrogens (tertiary/aromatic N) is 2. The molecule has 3 nitrogen and oxygen atoms in total. The van der Waals surface area contributed by atoms with Crippen molar-refractivity contribution in [1.82, 2.24) is 10.2 Å². The van der Waals surface area contributed by atoms with E-state index in [1.807, 2.05) is 0 Å². The fourth-order valence-electron chi connectivity index (χ4n) is 0.457. The number of rotatable bonds is 1. The highest BCUT2D eigenvalue weighted by Crippen LogP contribution is 2.30. The summed E-state index contributed by atoms with van der Waals surface area (Å²) < 4.78 is 35.2. The van der Waals surface area contributed by atoms with Gasteiger partial charge in [0, 0.05) is 0 Å². The lowest BCUT2D eigenvalue weighted by Crippen LogP contribution is -2.18. The summed E-state index contributed by atoms with van der Waals surface area (Å²) in [5.74, 6) is 0. The summed E-state index contributed by atoms with van der Waals surface area (Å²) in [4.78, 5) is 10.4. The number of hydrogen-bond donors (Lipinski definition) is 0. The lowest BCUT2D eigenvalue weighted by molar-refractivity contribution is -0.160. The number of carbonyl (C=O) groups excluding carboxylic acids is 1. The maximum absolute atomic E-state index is 11.7. The molecular weight excluding hydrogens is 225 g/mol. The van der Waals surface area contributed by atoms with E-state index in [0.717, 1.165) is 11.3 Å². The van der Waals surface area contributed by atoms with Crippen LogP contribution in [0.5, 0.6) is 0 Å². The molecule has 1 aromatic heterocycles. The van der Waals surface area contributed by atoms with Crippen molar-refractivity contribution in [2.45, 2.75) is 17.4 Å². The first-order chi connectivity index (χ1) is 5.89. The largest absolute Gasteiger partial charge is 0.461 e. The molecule has 0 amide bonds. The molecule has 0 aliphatic carbocycles. The number of carbonyl (C=O) groups is 1. The molecule has 1 heterocycles. The van der Waals surface area contributed by atoms with Gasteiger partial charge in [0.05, 0.1) is 0 Å². The van der Waals surface area contributed by atoms with E-state index in [9.17, 15) is 18.0 Å². The summed E-state index contributed by atoms with van der Waals surface area (Å²) in [6.45, 7) is 1.60. The summed E-state index contributed by atoms with van der Waals surface area (Å²) in [6.07, 6.45) is -4.82. The third-order valence-electron chi connectivity index (χ3n) is 0.919. The number of aryl methyl sites for hydroxylation is 1. The minimum atomic E-state index is -4.82. The van der Waals surface area contributed by atoms with Crippen molar-refractivity contribution in [3.63, 3.8) is 0 Å². The smallest absolute Gasteiger partial charge is 0.276 e. The first-order valence-electron chi connectivity index (χ1n) is 2.98. The van der Waals surface area contributed by atoms with Crippen LogP contribution in [0.25, 0.3) is 0 Å². The zero-order chi connectivity index (χ0) is 10.1. The summed E-state index contributed by atoms with van der Waals surface area (Å²) in [7, 11) is 0. The van der Waals surface area contributed by atoms with E-state index in [1.54, 1.807) is 6.92 Å². The average Bonchev–Trinajstić information content (AvgIpc) is 2.33. The van der Waals surface area contributed by atoms with Gasteiger partial charge in [-0.05, 0) is 18.7 Å². The predicted octanol–water partition coefficient (Wildman–Crippen LogP) is 2.03. The Morgan fingerprint density at radius 2 is 2.08 bits per heavy atom. The van der Waals surface area contributed by atoms with Gasteiger partial charge in [-0.3, -0.25) is 4.79 Å². The Labute approximate surface area is 79.4 Å². The van der Waals surface area contributed by atoms with Crippen molar-refractivity contribution in [3.8, 4) is 0 Å². The first-order valence-corrected chi connectivity index (χ1v) is 4.62. The lowest BCUT2D eigenvalue weighted by Gasteiger charge is -2.00. The van der Waals surface area contributed by atoms with Crippen LogP contribution < -0.4 is 0 Å². The van der Waals surface area contributed by atoms with Crippen LogP contribution in [0, 0.1) is 6.92 Å². The van der Waals surface area contributed by atoms with Crippen molar-refractivity contribution in [2.75, 3.05) is 0 Å². The number of thioether (sulfide) groups is 1. The zero-order valence-electron chi connectivity index (χ0n) is 6.25. The fourth-order valence-corrected chi connectivity index (χ4v) is 1.98. The predicted molar refractivity (Wildman–Crippen MR) is 41.6 cm³/mol. The maximum Gasteiger partial charge on any atom is 0.461 e. The summed E-state index contributed by atoms with van der Waals surface area (Å²) in [5.41, 5.74) is 0. The van der Waals surface area contributed by atoms with Crippen LogP contribution in [-0.4, -0.2) is 21.5 Å². The van der Waals surface area contributed by atoms with Crippen molar-refractivity contribution in [2.24, 2.45) is 0 Å². The monoisotopic (exact) mass is 228 g/mol. The van der Waals surface area contributed by atoms with E-state index < -0.39 is 11.3 Å². The van der Waals surface area contributed by atoms with Crippen molar-refractivity contribution >= 4 is 28.2 Å². The second kappa shape index (κ2) is 3.62. The molecule has 0 saturated heterocycles. The minimum Gasteiger partial charge on any atom is -0.276 e. The molecule has 1 rings (SSSR count). The molecule has 0 aliphatic heterocycles. The van der Waals surface area contributed by atoms with Crippen LogP contribution in [0.2, 0.25) is 0 Å². The maximum atomic E-state index is 11.7. The van der Waals surface area contributed by atoms with Gasteiger partial charge in [0.25, 0.3) is 5.12 Å². The van der Waals surface area contributed by atoms with Gasteiger partial charge in [-0.15, -0.1) is 10.2 Å². The van der Waals surface area contributed by atoms with Gasteiger partial charge in [-0.1, -0.05) is 11.3 Å². The van der Waals surface area contributed by atoms with E-state index >= 15 is 0 Å². The molecule has 0 spiro atoms. The van der Waals surface area contributed by atoms with E-state index in [0.29, 0.717) is 5.01 Å². The normalized spacial score (nSPS) is 11.7. The zero-order valence-corrected chi connectivity index (χ0v) is 7.89. The quantitative estimate of drug-likeness (QED) is 0.690. The van der Waals surface area contributed by atoms with Crippen LogP contribution in [0.4, 0.5) is 13.2 Å². The molecule has 1 aromatic rings. The number of alkyl halides is 3. The molecule has 0 saturated carbocycles. The fraction of sp³-hybridized carbons (Fsp3) is 0.400. The van der Waals surface area contributed by atoms with Crippen molar-refractivity contribution in [3.05, 3.63) is 5.01 Å². The third-order valence-corrected chi connectivity index (χ3v) is 2.73. The molecule has 13 heavy (non-hydrogen) atoms. The Balaban J connectivity index is 2.65. The molecule has 0 fully saturated rings. The molecular formula is C5H3F3N2OS2. The van der Waals surface area contributed by atoms with Crippen LogP contribution in [0.15, 0.2) is 4.34 Å². The van der Waals surface area contributed by atoms with Gasteiger partial charge in [0.2, 0.25) is 0 Å². The van der Waals surface area contributed by atoms with Crippen molar-refractivity contribution < 1.29 is 18.0 Å². The molecule has 0 bridgehead atoms. The summed E-state index contributed by atoms with van der Waals surface area (Å²) in [5, 5.41) is 5.51. The average molecular weight is 228 g/mol. The van der Waals surface area contributed by atoms with E-state index in [2.05, 4.69) is 10.2 Å². The summed E-state index contributed by atoms with van der Waals surface area (Å²) >= 11 is 1.00. The Kier molecular flexibility index (Phi) is 2.91. The van der Waals surface area contributed by atoms with Crippen LogP contribution in [0.1, 0.15) is 5.01 Å². The lowest BCUT2D eigenvalue weighted by atomic mass is 10.8. The standard InChI is InChI=1S/C5H3F3N2OS2/c1-2-9-10-4(12-2)13-3(11)5(6,7)8/h1H3. The number of halogens is 3. The van der Waals surface area contributed by atoms with Gasteiger partial charge in [0.15, 0.2) is 4.34 Å². The molecule has 0 aromatic carbocycles. The molecule has 0 unspecified atom stereocenters. The molecule has 72 valence electrons. The van der Waals surface area contributed by atoms with E-state index in [-0.39, 0.29) is 16.1 Å². The second-order valence-electron chi connectivity index (χ2n) is 1.97. The van der Waals surface area contributed by atoms with Gasteiger partial charge in [0.1, 0.15) is 5.01 Å². The number of hydrogen-bond acceptors (Lipinski definition) is 5. The third kappa shape index (κ3) is 2.96. The van der Waals surface area contributed by atoms with Gasteiger partial charge >= 0.3 is 6.18 Å². The van der Waals surface area contributed by atoms with Gasteiger partial charge < -0.3 is 0 Å². The Bertz CT molecular complexity index is 322.